The van der Waals surface area contributed by atoms with Crippen molar-refractivity contribution >= 4 is 15.9 Å². The summed E-state index contributed by atoms with van der Waals surface area (Å²) in [5.41, 5.74) is 0.126. The van der Waals surface area contributed by atoms with E-state index >= 15 is 0 Å². The SMILES string of the molecule is C[C@@H]1c2ccccc2S(=O)(=O)N1C(=O)[C@@]1(C)C[C@H]2C=C[C@@H]1C2. The molecule has 4 nitrogen and oxygen atoms in total. The standard InChI is InChI=1S/C17H19NO3S/c1-11-14-5-3-4-6-15(14)22(20,21)18(11)16(19)17(2)10-12-7-8-13(17)9-12/h3-8,11-13H,9-10H2,1-2H3/t11-,12+,13-,17+/m1/s1. The first-order valence-corrected chi connectivity index (χ1v) is 9.16. The summed E-state index contributed by atoms with van der Waals surface area (Å²) in [5.74, 6) is 0.339. The van der Waals surface area contributed by atoms with Gasteiger partial charge in [-0.3, -0.25) is 4.79 Å². The molecule has 22 heavy (non-hydrogen) atoms. The lowest BCUT2D eigenvalue weighted by molar-refractivity contribution is -0.138. The normalized spacial score (nSPS) is 37.5. The minimum Gasteiger partial charge on any atom is -0.273 e. The Morgan fingerprint density at radius 2 is 2.00 bits per heavy atom. The Hall–Kier alpha value is -1.62. The number of sulfonamides is 1. The van der Waals surface area contributed by atoms with Crippen molar-refractivity contribution in [1.29, 1.82) is 0 Å². The molecule has 0 radical (unpaired) electrons. The van der Waals surface area contributed by atoms with Crippen molar-refractivity contribution in [3.05, 3.63) is 42.0 Å². The molecule has 2 aliphatic carbocycles. The lowest BCUT2D eigenvalue weighted by Gasteiger charge is -2.35. The molecular formula is C17H19NO3S. The smallest absolute Gasteiger partial charge is 0.267 e. The lowest BCUT2D eigenvalue weighted by Crippen LogP contribution is -2.45. The molecule has 5 heteroatoms. The Bertz CT molecular complexity index is 798. The Balaban J connectivity index is 1.78. The zero-order valence-corrected chi connectivity index (χ0v) is 13.5. The molecule has 0 N–H and O–H groups in total. The van der Waals surface area contributed by atoms with Gasteiger partial charge in [0, 0.05) is 0 Å². The van der Waals surface area contributed by atoms with E-state index < -0.39 is 21.5 Å². The van der Waals surface area contributed by atoms with Gasteiger partial charge >= 0.3 is 0 Å². The highest BCUT2D eigenvalue weighted by atomic mass is 32.2. The van der Waals surface area contributed by atoms with Crippen LogP contribution in [0.4, 0.5) is 0 Å². The van der Waals surface area contributed by atoms with Crippen LogP contribution < -0.4 is 0 Å². The Labute approximate surface area is 130 Å². The average Bonchev–Trinajstić information content (AvgIpc) is 3.12. The third-order valence-corrected chi connectivity index (χ3v) is 7.55. The van der Waals surface area contributed by atoms with Gasteiger partial charge in [0.2, 0.25) is 5.91 Å². The van der Waals surface area contributed by atoms with Crippen LogP contribution >= 0.6 is 0 Å². The van der Waals surface area contributed by atoms with Gasteiger partial charge in [0.1, 0.15) is 0 Å². The zero-order chi connectivity index (χ0) is 15.7. The number of carbonyl (C=O) groups excluding carboxylic acids is 1. The van der Waals surface area contributed by atoms with Crippen LogP contribution in [0.3, 0.4) is 0 Å². The predicted octanol–water partition coefficient (Wildman–Crippen LogP) is 2.88. The number of rotatable bonds is 1. The summed E-state index contributed by atoms with van der Waals surface area (Å²) in [4.78, 5) is 13.4. The van der Waals surface area contributed by atoms with E-state index in [1.54, 1.807) is 25.1 Å². The van der Waals surface area contributed by atoms with Gasteiger partial charge in [-0.05, 0) is 43.2 Å². The van der Waals surface area contributed by atoms with Gasteiger partial charge in [0.25, 0.3) is 10.0 Å². The third kappa shape index (κ3) is 1.57. The second-order valence-corrected chi connectivity index (χ2v) is 8.71. The molecule has 1 fully saturated rings. The molecule has 116 valence electrons. The molecule has 1 saturated carbocycles. The van der Waals surface area contributed by atoms with Gasteiger partial charge in [-0.2, -0.15) is 0 Å². The van der Waals surface area contributed by atoms with Crippen LogP contribution in [0.1, 0.15) is 38.3 Å². The van der Waals surface area contributed by atoms with Crippen LogP contribution in [0.5, 0.6) is 0 Å². The van der Waals surface area contributed by atoms with Crippen molar-refractivity contribution in [2.45, 2.75) is 37.6 Å². The van der Waals surface area contributed by atoms with Crippen molar-refractivity contribution < 1.29 is 13.2 Å². The van der Waals surface area contributed by atoms with Crippen LogP contribution in [0.2, 0.25) is 0 Å². The molecule has 0 spiro atoms. The molecule has 2 bridgehead atoms. The van der Waals surface area contributed by atoms with Gasteiger partial charge in [-0.1, -0.05) is 37.3 Å². The highest BCUT2D eigenvalue weighted by Crippen LogP contribution is 2.54. The number of carbonyl (C=O) groups is 1. The fourth-order valence-electron chi connectivity index (χ4n) is 4.38. The molecule has 1 heterocycles. The Kier molecular flexibility index (Phi) is 2.69. The minimum atomic E-state index is -3.73. The van der Waals surface area contributed by atoms with E-state index in [9.17, 15) is 13.2 Å². The van der Waals surface area contributed by atoms with Crippen molar-refractivity contribution in [3.8, 4) is 0 Å². The second kappa shape index (κ2) is 4.22. The summed E-state index contributed by atoms with van der Waals surface area (Å²) >= 11 is 0. The van der Waals surface area contributed by atoms with Gasteiger partial charge in [-0.25, -0.2) is 12.7 Å². The molecule has 1 aliphatic heterocycles. The first-order valence-electron chi connectivity index (χ1n) is 7.72. The molecular weight excluding hydrogens is 298 g/mol. The van der Waals surface area contributed by atoms with E-state index in [0.717, 1.165) is 22.7 Å². The molecule has 3 aliphatic rings. The summed E-state index contributed by atoms with van der Waals surface area (Å²) in [5, 5.41) is 0. The van der Waals surface area contributed by atoms with Crippen LogP contribution in [-0.2, 0) is 14.8 Å². The Morgan fingerprint density at radius 3 is 2.59 bits per heavy atom. The number of allylic oxidation sites excluding steroid dienone is 2. The van der Waals surface area contributed by atoms with Crippen LogP contribution in [0.25, 0.3) is 0 Å². The van der Waals surface area contributed by atoms with Crippen molar-refractivity contribution in [3.63, 3.8) is 0 Å². The molecule has 0 aromatic heterocycles. The van der Waals surface area contributed by atoms with Crippen molar-refractivity contribution in [2.24, 2.45) is 17.3 Å². The predicted molar refractivity (Wildman–Crippen MR) is 82.3 cm³/mol. The van der Waals surface area contributed by atoms with Crippen LogP contribution in [0.15, 0.2) is 41.3 Å². The second-order valence-electron chi connectivity index (χ2n) is 6.93. The largest absolute Gasteiger partial charge is 0.273 e. The van der Waals surface area contributed by atoms with Crippen molar-refractivity contribution in [1.82, 2.24) is 4.31 Å². The van der Waals surface area contributed by atoms with Gasteiger partial charge in [-0.15, -0.1) is 0 Å². The number of hydrogen-bond acceptors (Lipinski definition) is 3. The quantitative estimate of drug-likeness (QED) is 0.748. The molecule has 4 rings (SSSR count). The van der Waals surface area contributed by atoms with E-state index in [1.807, 2.05) is 13.0 Å². The molecule has 1 aromatic carbocycles. The summed E-state index contributed by atoms with van der Waals surface area (Å²) < 4.78 is 26.8. The number of nitrogens with zero attached hydrogens (tertiary/aromatic N) is 1. The van der Waals surface area contributed by atoms with Gasteiger partial charge in [0.05, 0.1) is 16.4 Å². The monoisotopic (exact) mass is 317 g/mol. The topological polar surface area (TPSA) is 54.5 Å². The summed E-state index contributed by atoms with van der Waals surface area (Å²) in [6.07, 6.45) is 5.97. The number of benzene rings is 1. The summed E-state index contributed by atoms with van der Waals surface area (Å²) in [6, 6.07) is 6.50. The van der Waals surface area contributed by atoms with Crippen LogP contribution in [0, 0.1) is 17.3 Å². The van der Waals surface area contributed by atoms with E-state index in [2.05, 4.69) is 12.2 Å². The first kappa shape index (κ1) is 14.0. The highest BCUT2D eigenvalue weighted by molar-refractivity contribution is 7.90. The molecule has 4 atom stereocenters. The maximum atomic E-state index is 13.2. The van der Waals surface area contributed by atoms with E-state index in [-0.39, 0.29) is 16.7 Å². The Morgan fingerprint density at radius 1 is 1.27 bits per heavy atom. The number of fused-ring (bicyclic) bond motifs is 3. The molecule has 1 aromatic rings. The molecule has 1 amide bonds. The fraction of sp³-hybridized carbons (Fsp3) is 0.471. The first-order chi connectivity index (χ1) is 10.4. The highest BCUT2D eigenvalue weighted by Gasteiger charge is 2.56. The maximum absolute atomic E-state index is 13.2. The maximum Gasteiger partial charge on any atom is 0.267 e. The molecule has 0 unspecified atom stereocenters. The summed E-state index contributed by atoms with van der Waals surface area (Å²) in [6.45, 7) is 3.72. The van der Waals surface area contributed by atoms with Crippen molar-refractivity contribution in [2.75, 3.05) is 0 Å². The minimum absolute atomic E-state index is 0.163. The number of hydrogen-bond donors (Lipinski definition) is 0. The van der Waals surface area contributed by atoms with E-state index in [4.69, 9.17) is 0 Å². The average molecular weight is 317 g/mol. The van der Waals surface area contributed by atoms with E-state index in [1.165, 1.54) is 0 Å². The third-order valence-electron chi connectivity index (χ3n) is 5.62. The van der Waals surface area contributed by atoms with Crippen LogP contribution in [-0.4, -0.2) is 18.6 Å². The number of amides is 1. The zero-order valence-electron chi connectivity index (χ0n) is 12.7. The fourth-order valence-corrected chi connectivity index (χ4v) is 6.33. The van der Waals surface area contributed by atoms with Gasteiger partial charge < -0.3 is 0 Å². The summed E-state index contributed by atoms with van der Waals surface area (Å²) in [7, 11) is -3.73. The van der Waals surface area contributed by atoms with E-state index in [0.29, 0.717) is 5.92 Å². The lowest BCUT2D eigenvalue weighted by atomic mass is 9.76. The van der Waals surface area contributed by atoms with Gasteiger partial charge in [0.15, 0.2) is 0 Å². The molecule has 0 saturated heterocycles.